The second-order valence-electron chi connectivity index (χ2n) is 5.76. The van der Waals surface area contributed by atoms with Gasteiger partial charge < -0.3 is 5.32 Å². The van der Waals surface area contributed by atoms with Crippen LogP contribution in [0.5, 0.6) is 0 Å². The van der Waals surface area contributed by atoms with Crippen molar-refractivity contribution in [1.82, 2.24) is 9.62 Å². The van der Waals surface area contributed by atoms with Gasteiger partial charge in [0, 0.05) is 31.3 Å². The molecule has 1 aliphatic rings. The summed E-state index contributed by atoms with van der Waals surface area (Å²) >= 11 is 0. The highest BCUT2D eigenvalue weighted by molar-refractivity contribution is 7.88. The first-order valence-corrected chi connectivity index (χ1v) is 9.05. The lowest BCUT2D eigenvalue weighted by Crippen LogP contribution is -2.31. The number of nitrogens with one attached hydrogen (secondary N) is 1. The van der Waals surface area contributed by atoms with Crippen LogP contribution in [0.4, 0.5) is 5.69 Å². The van der Waals surface area contributed by atoms with Crippen LogP contribution in [0.3, 0.4) is 0 Å². The van der Waals surface area contributed by atoms with Gasteiger partial charge in [-0.1, -0.05) is 12.1 Å². The van der Waals surface area contributed by atoms with Gasteiger partial charge in [-0.2, -0.15) is 0 Å². The average Bonchev–Trinajstić information content (AvgIpc) is 2.94. The van der Waals surface area contributed by atoms with Crippen molar-refractivity contribution in [2.75, 3.05) is 25.9 Å². The highest BCUT2D eigenvalue weighted by Gasteiger charge is 2.28. The molecule has 7 nitrogen and oxygen atoms in total. The van der Waals surface area contributed by atoms with Crippen molar-refractivity contribution in [2.45, 2.75) is 19.4 Å². The maximum Gasteiger partial charge on any atom is 0.269 e. The molecule has 1 heterocycles. The van der Waals surface area contributed by atoms with E-state index < -0.39 is 14.9 Å². The zero-order valence-corrected chi connectivity index (χ0v) is 13.5. The molecule has 122 valence electrons. The molecular weight excluding hydrogens is 306 g/mol. The van der Waals surface area contributed by atoms with Crippen molar-refractivity contribution in [2.24, 2.45) is 5.92 Å². The Morgan fingerprint density at radius 3 is 2.82 bits per heavy atom. The zero-order chi connectivity index (χ0) is 16.3. The highest BCUT2D eigenvalue weighted by Crippen LogP contribution is 2.21. The van der Waals surface area contributed by atoms with Crippen LogP contribution in [0.15, 0.2) is 24.3 Å². The molecular formula is C14H21N3O4S. The van der Waals surface area contributed by atoms with Gasteiger partial charge in [0.25, 0.3) is 5.69 Å². The predicted molar refractivity (Wildman–Crippen MR) is 84.0 cm³/mol. The minimum Gasteiger partial charge on any atom is -0.310 e. The fraction of sp³-hybridized carbons (Fsp3) is 0.571. The second-order valence-corrected chi connectivity index (χ2v) is 7.74. The van der Waals surface area contributed by atoms with Crippen LogP contribution >= 0.6 is 0 Å². The number of hydrogen-bond donors (Lipinski definition) is 1. The van der Waals surface area contributed by atoms with Crippen LogP contribution in [0.2, 0.25) is 0 Å². The lowest BCUT2D eigenvalue weighted by Gasteiger charge is -2.18. The first-order chi connectivity index (χ1) is 10.3. The van der Waals surface area contributed by atoms with Crippen LogP contribution in [0.1, 0.15) is 24.9 Å². The minimum absolute atomic E-state index is 0.0211. The molecule has 0 aliphatic carbocycles. The second kappa shape index (κ2) is 6.72. The van der Waals surface area contributed by atoms with E-state index in [2.05, 4.69) is 5.32 Å². The summed E-state index contributed by atoms with van der Waals surface area (Å²) < 4.78 is 24.5. The van der Waals surface area contributed by atoms with Gasteiger partial charge in [-0.15, -0.1) is 0 Å². The number of rotatable bonds is 6. The van der Waals surface area contributed by atoms with Crippen molar-refractivity contribution in [3.8, 4) is 0 Å². The maximum atomic E-state index is 11.5. The number of nitrogens with zero attached hydrogens (tertiary/aromatic N) is 2. The molecule has 1 fully saturated rings. The Kier molecular flexibility index (Phi) is 5.15. The molecule has 0 unspecified atom stereocenters. The Balaban J connectivity index is 1.90. The number of nitro groups is 1. The summed E-state index contributed by atoms with van der Waals surface area (Å²) in [4.78, 5) is 10.4. The third kappa shape index (κ3) is 4.25. The van der Waals surface area contributed by atoms with Crippen molar-refractivity contribution in [3.63, 3.8) is 0 Å². The summed E-state index contributed by atoms with van der Waals surface area (Å²) in [6, 6.07) is 6.54. The van der Waals surface area contributed by atoms with E-state index in [1.807, 2.05) is 13.0 Å². The molecule has 0 radical (unpaired) electrons. The Labute approximate surface area is 130 Å². The van der Waals surface area contributed by atoms with E-state index in [0.29, 0.717) is 19.6 Å². The SMILES string of the molecule is C[C@H](NC[C@H]1CCN(S(C)(=O)=O)C1)c1cccc([N+](=O)[O-])c1. The largest absolute Gasteiger partial charge is 0.310 e. The number of benzene rings is 1. The van der Waals surface area contributed by atoms with Gasteiger partial charge in [0.05, 0.1) is 11.2 Å². The maximum absolute atomic E-state index is 11.5. The molecule has 2 atom stereocenters. The fourth-order valence-corrected chi connectivity index (χ4v) is 3.55. The Morgan fingerprint density at radius 1 is 1.50 bits per heavy atom. The molecule has 0 saturated carbocycles. The average molecular weight is 327 g/mol. The lowest BCUT2D eigenvalue weighted by molar-refractivity contribution is -0.384. The third-order valence-electron chi connectivity index (χ3n) is 4.01. The van der Waals surface area contributed by atoms with Crippen LogP contribution in [-0.4, -0.2) is 43.5 Å². The molecule has 1 saturated heterocycles. The summed E-state index contributed by atoms with van der Waals surface area (Å²) in [5.74, 6) is 0.274. The molecule has 1 N–H and O–H groups in total. The van der Waals surface area contributed by atoms with Gasteiger partial charge in [0.15, 0.2) is 0 Å². The van der Waals surface area contributed by atoms with Crippen LogP contribution in [-0.2, 0) is 10.0 Å². The Bertz CT molecular complexity index is 647. The molecule has 0 amide bonds. The highest BCUT2D eigenvalue weighted by atomic mass is 32.2. The van der Waals surface area contributed by atoms with Crippen molar-refractivity contribution < 1.29 is 13.3 Å². The van der Waals surface area contributed by atoms with Crippen molar-refractivity contribution >= 4 is 15.7 Å². The fourth-order valence-electron chi connectivity index (χ4n) is 2.63. The van der Waals surface area contributed by atoms with E-state index in [0.717, 1.165) is 12.0 Å². The van der Waals surface area contributed by atoms with E-state index in [1.165, 1.54) is 16.6 Å². The zero-order valence-electron chi connectivity index (χ0n) is 12.7. The van der Waals surface area contributed by atoms with E-state index in [4.69, 9.17) is 0 Å². The standard InChI is InChI=1S/C14H21N3O4S/c1-11(13-4-3-5-14(8-13)17(18)19)15-9-12-6-7-16(10-12)22(2,20)21/h3-5,8,11-12,15H,6-7,9-10H2,1-2H3/t11-,12+/m0/s1. The van der Waals surface area contributed by atoms with Gasteiger partial charge in [-0.05, 0) is 31.4 Å². The minimum atomic E-state index is -3.11. The van der Waals surface area contributed by atoms with Gasteiger partial charge in [-0.25, -0.2) is 12.7 Å². The monoisotopic (exact) mass is 327 g/mol. The van der Waals surface area contributed by atoms with Crippen molar-refractivity contribution in [1.29, 1.82) is 0 Å². The first-order valence-electron chi connectivity index (χ1n) is 7.20. The smallest absolute Gasteiger partial charge is 0.269 e. The molecule has 2 rings (SSSR count). The predicted octanol–water partition coefficient (Wildman–Crippen LogP) is 1.53. The third-order valence-corrected chi connectivity index (χ3v) is 5.28. The summed E-state index contributed by atoms with van der Waals surface area (Å²) in [7, 11) is -3.11. The van der Waals surface area contributed by atoms with Crippen LogP contribution in [0, 0.1) is 16.0 Å². The number of sulfonamides is 1. The Hall–Kier alpha value is -1.51. The quantitative estimate of drug-likeness (QED) is 0.632. The Morgan fingerprint density at radius 2 is 2.23 bits per heavy atom. The van der Waals surface area contributed by atoms with E-state index >= 15 is 0 Å². The molecule has 1 aliphatic heterocycles. The summed E-state index contributed by atoms with van der Waals surface area (Å²) in [5.41, 5.74) is 0.933. The molecule has 0 bridgehead atoms. The molecule has 8 heteroatoms. The summed E-state index contributed by atoms with van der Waals surface area (Å²) in [6.07, 6.45) is 2.07. The van der Waals surface area contributed by atoms with Gasteiger partial charge in [0.1, 0.15) is 0 Å². The van der Waals surface area contributed by atoms with Crippen molar-refractivity contribution in [3.05, 3.63) is 39.9 Å². The number of nitro benzene ring substituents is 1. The molecule has 1 aromatic carbocycles. The van der Waals surface area contributed by atoms with E-state index in [9.17, 15) is 18.5 Å². The number of non-ortho nitro benzene ring substituents is 1. The first kappa shape index (κ1) is 16.9. The normalized spacial score (nSPS) is 20.9. The van der Waals surface area contributed by atoms with Gasteiger partial charge in [0.2, 0.25) is 10.0 Å². The lowest BCUT2D eigenvalue weighted by atomic mass is 10.1. The molecule has 0 aromatic heterocycles. The van der Waals surface area contributed by atoms with E-state index in [1.54, 1.807) is 12.1 Å². The summed E-state index contributed by atoms with van der Waals surface area (Å²) in [6.45, 7) is 3.74. The molecule has 1 aromatic rings. The number of hydrogen-bond acceptors (Lipinski definition) is 5. The van der Waals surface area contributed by atoms with E-state index in [-0.39, 0.29) is 17.6 Å². The molecule has 22 heavy (non-hydrogen) atoms. The van der Waals surface area contributed by atoms with Crippen LogP contribution < -0.4 is 5.32 Å². The van der Waals surface area contributed by atoms with Gasteiger partial charge in [-0.3, -0.25) is 10.1 Å². The van der Waals surface area contributed by atoms with Gasteiger partial charge >= 0.3 is 0 Å². The topological polar surface area (TPSA) is 92.6 Å². The van der Waals surface area contributed by atoms with Crippen LogP contribution in [0.25, 0.3) is 0 Å². The molecule has 0 spiro atoms. The summed E-state index contributed by atoms with van der Waals surface area (Å²) in [5, 5.41) is 14.1.